The zero-order valence-electron chi connectivity index (χ0n) is 14.4. The number of likely N-dealkylation sites (tertiary alicyclic amines) is 1. The minimum atomic E-state index is -0.995. The Kier molecular flexibility index (Phi) is 4.10. The first-order valence-corrected chi connectivity index (χ1v) is 7.98. The predicted molar refractivity (Wildman–Crippen MR) is 86.2 cm³/mol. The molecule has 2 fully saturated rings. The molecule has 2 aliphatic rings. The van der Waals surface area contributed by atoms with E-state index in [-0.39, 0.29) is 0 Å². The molecule has 1 aromatic rings. The van der Waals surface area contributed by atoms with Gasteiger partial charge in [0.05, 0.1) is 17.4 Å². The van der Waals surface area contributed by atoms with E-state index >= 15 is 0 Å². The molecule has 3 heterocycles. The zero-order chi connectivity index (χ0) is 16.8. The zero-order valence-corrected chi connectivity index (χ0v) is 14.4. The molecule has 0 saturated carbocycles. The summed E-state index contributed by atoms with van der Waals surface area (Å²) in [5.41, 5.74) is -1.13. The average Bonchev–Trinajstić information content (AvgIpc) is 2.90. The summed E-state index contributed by atoms with van der Waals surface area (Å²) in [7, 11) is 1.09. The van der Waals surface area contributed by atoms with Gasteiger partial charge in [0.15, 0.2) is 0 Å². The predicted octanol–water partition coefficient (Wildman–Crippen LogP) is 1.78. The number of nitrogens with zero attached hydrogens (tertiary/aromatic N) is 4. The van der Waals surface area contributed by atoms with Crippen molar-refractivity contribution in [1.29, 1.82) is 0 Å². The molecule has 0 spiro atoms. The van der Waals surface area contributed by atoms with Crippen molar-refractivity contribution in [2.75, 3.05) is 20.1 Å². The minimum Gasteiger partial charge on any atom is -0.398 e. The average molecular weight is 322 g/mol. The summed E-state index contributed by atoms with van der Waals surface area (Å²) in [6.45, 7) is 10.5. The maximum Gasteiger partial charge on any atom is 0.525 e. The van der Waals surface area contributed by atoms with Crippen molar-refractivity contribution in [2.45, 2.75) is 45.4 Å². The van der Waals surface area contributed by atoms with Crippen molar-refractivity contribution < 1.29 is 13.7 Å². The van der Waals surface area contributed by atoms with E-state index in [2.05, 4.69) is 22.3 Å². The van der Waals surface area contributed by atoms with Crippen molar-refractivity contribution in [3.63, 3.8) is 0 Å². The molecule has 0 N–H and O–H groups in total. The Bertz CT molecular complexity index is 594. The molecule has 0 atom stereocenters. The Hall–Kier alpha value is -1.25. The fourth-order valence-corrected chi connectivity index (χ4v) is 2.84. The van der Waals surface area contributed by atoms with Crippen LogP contribution in [0.3, 0.4) is 0 Å². The van der Waals surface area contributed by atoms with Gasteiger partial charge in [-0.1, -0.05) is 5.21 Å². The smallest absolute Gasteiger partial charge is 0.398 e. The van der Waals surface area contributed by atoms with Crippen LogP contribution < -0.4 is 0 Å². The second-order valence-electron chi connectivity index (χ2n) is 7.57. The maximum atomic E-state index is 14.4. The van der Waals surface area contributed by atoms with E-state index in [1.807, 2.05) is 27.7 Å². The van der Waals surface area contributed by atoms with Crippen molar-refractivity contribution in [3.8, 4) is 0 Å². The van der Waals surface area contributed by atoms with Gasteiger partial charge in [0, 0.05) is 25.6 Å². The maximum absolute atomic E-state index is 14.4. The Balaban J connectivity index is 1.64. The molecule has 0 bridgehead atoms. The summed E-state index contributed by atoms with van der Waals surface area (Å²) in [4.78, 5) is 2.25. The van der Waals surface area contributed by atoms with Gasteiger partial charge in [0.1, 0.15) is 11.4 Å². The number of hydrogen-bond acceptors (Lipinski definition) is 5. The van der Waals surface area contributed by atoms with Crippen LogP contribution in [0.15, 0.2) is 11.9 Å². The molecule has 1 aromatic heterocycles. The molecule has 0 aromatic carbocycles. The first kappa shape index (κ1) is 16.6. The van der Waals surface area contributed by atoms with E-state index in [0.717, 1.165) is 19.6 Å². The molecule has 6 nitrogen and oxygen atoms in total. The van der Waals surface area contributed by atoms with Crippen molar-refractivity contribution in [1.82, 2.24) is 19.9 Å². The second kappa shape index (κ2) is 5.68. The minimum absolute atomic E-state index is 0.477. The van der Waals surface area contributed by atoms with Crippen LogP contribution in [0, 0.1) is 5.92 Å². The Morgan fingerprint density at radius 3 is 2.52 bits per heavy atom. The van der Waals surface area contributed by atoms with Gasteiger partial charge in [-0.15, -0.1) is 5.10 Å². The molecular formula is C15H24BFN4O2. The standard InChI is InChI=1S/C15H24BFN4O2/c1-14(2)15(3,4)23-16(22-14)13(17)6-12-10-21(19-18-12)9-11-7-20(5)8-11/h6,10-11H,7-9H2,1-5H3. The van der Waals surface area contributed by atoms with Crippen LogP contribution in [0.25, 0.3) is 6.08 Å². The first-order valence-electron chi connectivity index (χ1n) is 7.98. The molecular weight excluding hydrogens is 298 g/mol. The Labute approximate surface area is 136 Å². The van der Waals surface area contributed by atoms with Crippen molar-refractivity contribution in [3.05, 3.63) is 17.6 Å². The highest BCUT2D eigenvalue weighted by Gasteiger charge is 2.53. The van der Waals surface area contributed by atoms with Gasteiger partial charge in [0.25, 0.3) is 0 Å². The lowest BCUT2D eigenvalue weighted by Crippen LogP contribution is -2.45. The molecule has 0 unspecified atom stereocenters. The van der Waals surface area contributed by atoms with E-state index in [1.54, 1.807) is 10.9 Å². The van der Waals surface area contributed by atoms with E-state index in [1.165, 1.54) is 6.08 Å². The second-order valence-corrected chi connectivity index (χ2v) is 7.57. The number of aromatic nitrogens is 3. The van der Waals surface area contributed by atoms with Gasteiger partial charge in [-0.2, -0.15) is 0 Å². The van der Waals surface area contributed by atoms with Crippen LogP contribution in [-0.4, -0.2) is 58.4 Å². The quantitative estimate of drug-likeness (QED) is 0.791. The molecule has 2 saturated heterocycles. The highest BCUT2D eigenvalue weighted by atomic mass is 19.1. The SMILES string of the molecule is CN1CC(Cn2cc(C=C(F)B3OC(C)(C)C(C)(C)O3)nn2)C1. The molecule has 0 amide bonds. The molecule has 8 heteroatoms. The van der Waals surface area contributed by atoms with E-state index < -0.39 is 24.0 Å². The van der Waals surface area contributed by atoms with Gasteiger partial charge in [-0.05, 0) is 40.8 Å². The van der Waals surface area contributed by atoms with Gasteiger partial charge in [-0.3, -0.25) is 4.68 Å². The van der Waals surface area contributed by atoms with Crippen LogP contribution in [0.1, 0.15) is 33.4 Å². The summed E-state index contributed by atoms with van der Waals surface area (Å²) >= 11 is 0. The third-order valence-corrected chi connectivity index (χ3v) is 4.91. The number of hydrogen-bond donors (Lipinski definition) is 0. The van der Waals surface area contributed by atoms with E-state index in [4.69, 9.17) is 9.31 Å². The van der Waals surface area contributed by atoms with Gasteiger partial charge >= 0.3 is 7.12 Å². The molecule has 126 valence electrons. The van der Waals surface area contributed by atoms with Gasteiger partial charge in [-0.25, -0.2) is 4.39 Å². The molecule has 0 aliphatic carbocycles. The molecule has 2 aliphatic heterocycles. The van der Waals surface area contributed by atoms with Crippen LogP contribution in [0.2, 0.25) is 0 Å². The lowest BCUT2D eigenvalue weighted by atomic mass is 9.87. The van der Waals surface area contributed by atoms with Crippen LogP contribution in [0.5, 0.6) is 0 Å². The summed E-state index contributed by atoms with van der Waals surface area (Å²) in [5, 5.41) is 8.06. The highest BCUT2D eigenvalue weighted by Crippen LogP contribution is 2.38. The summed E-state index contributed by atoms with van der Waals surface area (Å²) in [6.07, 6.45) is 3.09. The van der Waals surface area contributed by atoms with Crippen molar-refractivity contribution in [2.24, 2.45) is 5.92 Å². The normalized spacial score (nSPS) is 25.0. The third kappa shape index (κ3) is 3.34. The number of rotatable bonds is 4. The Morgan fingerprint density at radius 1 is 1.35 bits per heavy atom. The summed E-state index contributed by atoms with van der Waals surface area (Å²) in [6, 6.07) is 0. The number of halogens is 1. The third-order valence-electron chi connectivity index (χ3n) is 4.91. The van der Waals surface area contributed by atoms with Crippen LogP contribution in [-0.2, 0) is 15.9 Å². The van der Waals surface area contributed by atoms with Crippen LogP contribution >= 0.6 is 0 Å². The summed E-state index contributed by atoms with van der Waals surface area (Å²) < 4.78 is 27.5. The lowest BCUT2D eigenvalue weighted by molar-refractivity contribution is 0.00578. The fraction of sp³-hybridized carbons (Fsp3) is 0.733. The van der Waals surface area contributed by atoms with E-state index in [0.29, 0.717) is 11.6 Å². The van der Waals surface area contributed by atoms with Gasteiger partial charge in [0.2, 0.25) is 0 Å². The molecule has 0 radical (unpaired) electrons. The monoisotopic (exact) mass is 322 g/mol. The van der Waals surface area contributed by atoms with Crippen LogP contribution in [0.4, 0.5) is 4.39 Å². The lowest BCUT2D eigenvalue weighted by Gasteiger charge is -2.35. The Morgan fingerprint density at radius 2 is 1.96 bits per heavy atom. The van der Waals surface area contributed by atoms with E-state index in [9.17, 15) is 4.39 Å². The first-order chi connectivity index (χ1) is 10.7. The topological polar surface area (TPSA) is 52.4 Å². The molecule has 3 rings (SSSR count). The summed E-state index contributed by atoms with van der Waals surface area (Å²) in [5.74, 6) is 0.589. The fourth-order valence-electron chi connectivity index (χ4n) is 2.84. The van der Waals surface area contributed by atoms with Crippen molar-refractivity contribution >= 4 is 13.2 Å². The highest BCUT2D eigenvalue weighted by molar-refractivity contribution is 6.54. The largest absolute Gasteiger partial charge is 0.525 e. The molecule has 23 heavy (non-hydrogen) atoms. The van der Waals surface area contributed by atoms with Gasteiger partial charge < -0.3 is 14.2 Å².